The molecular formula is C22H24FNO2S. The van der Waals surface area contributed by atoms with Crippen LogP contribution in [0.4, 0.5) is 10.1 Å². The van der Waals surface area contributed by atoms with Gasteiger partial charge in [-0.15, -0.1) is 0 Å². The van der Waals surface area contributed by atoms with Gasteiger partial charge in [0.2, 0.25) is 0 Å². The van der Waals surface area contributed by atoms with Crippen LogP contribution >= 0.6 is 11.9 Å². The maximum atomic E-state index is 14.8. The van der Waals surface area contributed by atoms with Gasteiger partial charge in [-0.3, -0.25) is 0 Å². The number of halogens is 1. The number of anilines is 1. The van der Waals surface area contributed by atoms with E-state index in [1.807, 2.05) is 6.07 Å². The van der Waals surface area contributed by atoms with Gasteiger partial charge in [0, 0.05) is 23.4 Å². The highest BCUT2D eigenvalue weighted by atomic mass is 32.2. The lowest BCUT2D eigenvalue weighted by molar-refractivity contribution is 0.101. The normalized spacial score (nSPS) is 27.6. The van der Waals surface area contributed by atoms with Gasteiger partial charge in [-0.2, -0.15) is 0 Å². The van der Waals surface area contributed by atoms with Crippen molar-refractivity contribution in [1.29, 1.82) is 0 Å². The molecule has 0 radical (unpaired) electrons. The molecule has 2 bridgehead atoms. The number of hydrogen-bond donors (Lipinski definition) is 2. The van der Waals surface area contributed by atoms with E-state index >= 15 is 0 Å². The van der Waals surface area contributed by atoms with Crippen LogP contribution < -0.4 is 4.72 Å². The molecule has 0 aliphatic heterocycles. The van der Waals surface area contributed by atoms with Crippen molar-refractivity contribution in [2.24, 2.45) is 5.92 Å². The molecular weight excluding hydrogens is 361 g/mol. The van der Waals surface area contributed by atoms with E-state index in [0.717, 1.165) is 91.0 Å². The Morgan fingerprint density at radius 1 is 1.04 bits per heavy atom. The van der Waals surface area contributed by atoms with Crippen LogP contribution in [0.2, 0.25) is 0 Å². The number of furan rings is 1. The lowest BCUT2D eigenvalue weighted by atomic mass is 9.86. The molecule has 1 fully saturated rings. The van der Waals surface area contributed by atoms with E-state index in [1.54, 1.807) is 0 Å². The fourth-order valence-corrected chi connectivity index (χ4v) is 6.67. The van der Waals surface area contributed by atoms with Gasteiger partial charge in [0.1, 0.15) is 11.6 Å². The van der Waals surface area contributed by atoms with Crippen LogP contribution in [0.25, 0.3) is 0 Å². The lowest BCUT2D eigenvalue weighted by Gasteiger charge is -2.23. The summed E-state index contributed by atoms with van der Waals surface area (Å²) in [4.78, 5) is 0. The molecule has 3 atom stereocenters. The Morgan fingerprint density at radius 3 is 2.48 bits per heavy atom. The summed E-state index contributed by atoms with van der Waals surface area (Å²) in [6.07, 6.45) is 8.62. The first-order valence-electron chi connectivity index (χ1n) is 10.3. The molecule has 5 heteroatoms. The highest BCUT2D eigenvalue weighted by molar-refractivity contribution is 8.00. The van der Waals surface area contributed by atoms with Gasteiger partial charge in [0.25, 0.3) is 0 Å². The maximum Gasteiger partial charge on any atom is 0.181 e. The second-order valence-corrected chi connectivity index (χ2v) is 9.42. The Balaban J connectivity index is 1.32. The van der Waals surface area contributed by atoms with Gasteiger partial charge in [0.05, 0.1) is 11.8 Å². The molecule has 1 aromatic heterocycles. The molecule has 1 heterocycles. The highest BCUT2D eigenvalue weighted by Gasteiger charge is 2.41. The molecule has 3 nitrogen and oxygen atoms in total. The van der Waals surface area contributed by atoms with Crippen LogP contribution in [0.1, 0.15) is 77.7 Å². The number of benzene rings is 1. The van der Waals surface area contributed by atoms with Crippen molar-refractivity contribution in [1.82, 2.24) is 0 Å². The zero-order chi connectivity index (χ0) is 18.1. The molecule has 2 N–H and O–H groups in total. The number of fused-ring (bicyclic) bond motifs is 6. The minimum Gasteiger partial charge on any atom is -0.452 e. The lowest BCUT2D eigenvalue weighted by Crippen LogP contribution is -2.15. The maximum absolute atomic E-state index is 14.8. The van der Waals surface area contributed by atoms with Gasteiger partial charge in [-0.05, 0) is 92.0 Å². The van der Waals surface area contributed by atoms with Gasteiger partial charge in [-0.1, -0.05) is 0 Å². The first kappa shape index (κ1) is 16.5. The van der Waals surface area contributed by atoms with Gasteiger partial charge in [0.15, 0.2) is 5.09 Å². The van der Waals surface area contributed by atoms with Crippen molar-refractivity contribution in [3.8, 4) is 0 Å². The first-order valence-corrected chi connectivity index (χ1v) is 11.1. The van der Waals surface area contributed by atoms with E-state index in [-0.39, 0.29) is 11.9 Å². The molecule has 1 saturated carbocycles. The predicted molar refractivity (Wildman–Crippen MR) is 104 cm³/mol. The summed E-state index contributed by atoms with van der Waals surface area (Å²) in [5.41, 5.74) is 6.35. The van der Waals surface area contributed by atoms with E-state index in [2.05, 4.69) is 4.72 Å². The average molecular weight is 386 g/mol. The molecule has 4 aliphatic rings. The third-order valence-corrected chi connectivity index (χ3v) is 7.91. The monoisotopic (exact) mass is 385 g/mol. The predicted octanol–water partition coefficient (Wildman–Crippen LogP) is 5.45. The van der Waals surface area contributed by atoms with Gasteiger partial charge >= 0.3 is 0 Å². The summed E-state index contributed by atoms with van der Waals surface area (Å²) < 4.78 is 24.5. The Morgan fingerprint density at radius 2 is 1.74 bits per heavy atom. The molecule has 0 spiro atoms. The molecule has 6 rings (SSSR count). The molecule has 142 valence electrons. The number of hydrogen-bond acceptors (Lipinski definition) is 4. The number of aliphatic hydroxyl groups excluding tert-OH is 1. The largest absolute Gasteiger partial charge is 0.452 e. The van der Waals surface area contributed by atoms with Crippen molar-refractivity contribution in [2.75, 3.05) is 4.72 Å². The van der Waals surface area contributed by atoms with Crippen molar-refractivity contribution in [3.63, 3.8) is 0 Å². The second kappa shape index (κ2) is 6.02. The Kier molecular flexibility index (Phi) is 3.67. The smallest absolute Gasteiger partial charge is 0.181 e. The van der Waals surface area contributed by atoms with Crippen molar-refractivity contribution in [2.45, 2.75) is 74.9 Å². The number of rotatable bonds is 3. The fraction of sp³-hybridized carbons (Fsp3) is 0.545. The second-order valence-electron chi connectivity index (χ2n) is 8.61. The minimum atomic E-state index is -0.379. The Hall–Kier alpha value is -1.46. The number of nitrogens with one attached hydrogen (secondary N) is 1. The standard InChI is InChI=1S/C22H24FNO2S/c23-19-13-3-1-5-15(13)20(16-6-2-4-14(16)19)24-27-18-10-17-21(25)11-7-8-12(9-11)22(17)26-18/h10-12,21,24-25H,1-9H2. The van der Waals surface area contributed by atoms with Crippen LogP contribution in [0.15, 0.2) is 15.6 Å². The summed E-state index contributed by atoms with van der Waals surface area (Å²) in [5, 5.41) is 11.4. The SMILES string of the molecule is OC1c2cc(SNc3c4c(c(F)c5c3CCC5)CCC4)oc2C2CCC1C2. The highest BCUT2D eigenvalue weighted by Crippen LogP contribution is 2.53. The molecule has 3 unspecified atom stereocenters. The van der Waals surface area contributed by atoms with E-state index in [9.17, 15) is 9.50 Å². The Labute approximate surface area is 162 Å². The number of aliphatic hydroxyl groups is 1. The molecule has 0 saturated heterocycles. The van der Waals surface area contributed by atoms with E-state index in [0.29, 0.717) is 11.8 Å². The summed E-state index contributed by atoms with van der Waals surface area (Å²) in [6.45, 7) is 0. The third kappa shape index (κ3) is 2.37. The van der Waals surface area contributed by atoms with Crippen LogP contribution in [-0.4, -0.2) is 5.11 Å². The zero-order valence-corrected chi connectivity index (χ0v) is 16.1. The topological polar surface area (TPSA) is 45.4 Å². The van der Waals surface area contributed by atoms with Crippen LogP contribution in [-0.2, 0) is 25.7 Å². The molecule has 2 aromatic rings. The average Bonchev–Trinajstić information content (AvgIpc) is 3.44. The van der Waals surface area contributed by atoms with Crippen LogP contribution in [0.5, 0.6) is 0 Å². The van der Waals surface area contributed by atoms with E-state index in [4.69, 9.17) is 4.42 Å². The quantitative estimate of drug-likeness (QED) is 0.690. The first-order chi connectivity index (χ1) is 13.2. The summed E-state index contributed by atoms with van der Waals surface area (Å²) >= 11 is 1.48. The zero-order valence-electron chi connectivity index (χ0n) is 15.3. The Bertz CT molecular complexity index is 888. The van der Waals surface area contributed by atoms with E-state index in [1.165, 1.54) is 23.1 Å². The van der Waals surface area contributed by atoms with Crippen molar-refractivity contribution in [3.05, 3.63) is 45.5 Å². The summed E-state index contributed by atoms with van der Waals surface area (Å²) in [6, 6.07) is 2.02. The summed E-state index contributed by atoms with van der Waals surface area (Å²) in [5.74, 6) is 1.94. The van der Waals surface area contributed by atoms with Gasteiger partial charge < -0.3 is 14.2 Å². The molecule has 1 aromatic carbocycles. The fourth-order valence-electron chi connectivity index (χ4n) is 5.90. The minimum absolute atomic E-state index is 0.0677. The van der Waals surface area contributed by atoms with Crippen LogP contribution in [0.3, 0.4) is 0 Å². The molecule has 4 aliphatic carbocycles. The van der Waals surface area contributed by atoms with Crippen molar-refractivity contribution < 1.29 is 13.9 Å². The van der Waals surface area contributed by atoms with E-state index < -0.39 is 0 Å². The van der Waals surface area contributed by atoms with Crippen molar-refractivity contribution >= 4 is 17.6 Å². The molecule has 0 amide bonds. The van der Waals surface area contributed by atoms with Gasteiger partial charge in [-0.25, -0.2) is 4.39 Å². The summed E-state index contributed by atoms with van der Waals surface area (Å²) in [7, 11) is 0. The molecule has 27 heavy (non-hydrogen) atoms. The third-order valence-electron chi connectivity index (χ3n) is 7.20. The van der Waals surface area contributed by atoms with Crippen LogP contribution in [0, 0.1) is 11.7 Å².